The van der Waals surface area contributed by atoms with Crippen molar-refractivity contribution in [3.8, 4) is 0 Å². The summed E-state index contributed by atoms with van der Waals surface area (Å²) in [5, 5.41) is 1.36. The number of quaternary nitrogens is 1. The normalized spacial score (nSPS) is 27.2. The van der Waals surface area contributed by atoms with Gasteiger partial charge in [0.1, 0.15) is 12.0 Å². The zero-order chi connectivity index (χ0) is 18.5. The van der Waals surface area contributed by atoms with E-state index in [9.17, 15) is 4.79 Å². The standard InChI is InChI=1S/C22H30N3O/c1-5-24(6-2)22(26)16-11-18-17-9-8-10-19-21(17)15(13-23-19)12-20(18)25(4,7-3)14-16/h8-11,13,16,20,23H,5-7,12,14H2,1-4H3/q+1/t16-,20-,25?/m1/s1. The topological polar surface area (TPSA) is 36.1 Å². The van der Waals surface area contributed by atoms with Crippen LogP contribution in [0, 0.1) is 5.92 Å². The second-order valence-corrected chi connectivity index (χ2v) is 7.98. The second-order valence-electron chi connectivity index (χ2n) is 7.98. The third-order valence-electron chi connectivity index (χ3n) is 6.73. The van der Waals surface area contributed by atoms with Crippen molar-refractivity contribution < 1.29 is 9.28 Å². The summed E-state index contributed by atoms with van der Waals surface area (Å²) in [7, 11) is 2.33. The Morgan fingerprint density at radius 3 is 2.73 bits per heavy atom. The Balaban J connectivity index is 1.86. The minimum absolute atomic E-state index is 0.0261. The number of nitrogens with one attached hydrogen (secondary N) is 1. The van der Waals surface area contributed by atoms with Crippen LogP contribution in [0.25, 0.3) is 16.5 Å². The SMILES string of the molecule is CCN(CC)C(=O)[C@@H]1C=C2c3cccc4[nH]cc(c34)C[C@H]2[N+](C)(CC)C1. The molecular weight excluding hydrogens is 322 g/mol. The third kappa shape index (κ3) is 2.43. The Labute approximate surface area is 156 Å². The molecule has 0 fully saturated rings. The summed E-state index contributed by atoms with van der Waals surface area (Å²) in [5.74, 6) is 0.257. The fraction of sp³-hybridized carbons (Fsp3) is 0.500. The van der Waals surface area contributed by atoms with Crippen molar-refractivity contribution in [2.24, 2.45) is 5.92 Å². The first-order valence-corrected chi connectivity index (χ1v) is 9.96. The Hall–Kier alpha value is -2.07. The van der Waals surface area contributed by atoms with Gasteiger partial charge in [0.25, 0.3) is 0 Å². The average Bonchev–Trinajstić information content (AvgIpc) is 3.08. The molecule has 0 radical (unpaired) electrons. The highest BCUT2D eigenvalue weighted by atomic mass is 16.2. The van der Waals surface area contributed by atoms with Gasteiger partial charge in [0, 0.05) is 42.2 Å². The van der Waals surface area contributed by atoms with E-state index in [1.54, 1.807) is 0 Å². The van der Waals surface area contributed by atoms with Crippen molar-refractivity contribution >= 4 is 22.4 Å². The fourth-order valence-corrected chi connectivity index (χ4v) is 5.03. The quantitative estimate of drug-likeness (QED) is 0.841. The van der Waals surface area contributed by atoms with E-state index < -0.39 is 0 Å². The van der Waals surface area contributed by atoms with E-state index in [0.29, 0.717) is 6.04 Å². The van der Waals surface area contributed by atoms with Crippen LogP contribution in [0.2, 0.25) is 0 Å². The van der Waals surface area contributed by atoms with Crippen LogP contribution < -0.4 is 0 Å². The highest BCUT2D eigenvalue weighted by Crippen LogP contribution is 2.43. The summed E-state index contributed by atoms with van der Waals surface area (Å²) in [6.07, 6.45) is 5.53. The van der Waals surface area contributed by atoms with Gasteiger partial charge in [-0.15, -0.1) is 0 Å². The van der Waals surface area contributed by atoms with E-state index in [4.69, 9.17) is 0 Å². The predicted octanol–water partition coefficient (Wildman–Crippen LogP) is 3.44. The number of hydrogen-bond acceptors (Lipinski definition) is 1. The molecule has 1 aromatic heterocycles. The molecule has 0 spiro atoms. The van der Waals surface area contributed by atoms with Crippen molar-refractivity contribution in [3.63, 3.8) is 0 Å². The molecule has 0 saturated carbocycles. The molecule has 0 saturated heterocycles. The minimum atomic E-state index is -0.0261. The number of amides is 1. The Kier molecular flexibility index (Phi) is 4.19. The Morgan fingerprint density at radius 1 is 1.27 bits per heavy atom. The van der Waals surface area contributed by atoms with Crippen molar-refractivity contribution in [3.05, 3.63) is 41.6 Å². The number of carbonyl (C=O) groups is 1. The van der Waals surface area contributed by atoms with Crippen molar-refractivity contribution in [1.82, 2.24) is 9.88 Å². The number of nitrogens with zero attached hydrogens (tertiary/aromatic N) is 2. The van der Waals surface area contributed by atoms with Crippen LogP contribution >= 0.6 is 0 Å². The maximum Gasteiger partial charge on any atom is 0.235 e. The van der Waals surface area contributed by atoms with Gasteiger partial charge in [-0.25, -0.2) is 0 Å². The summed E-state index contributed by atoms with van der Waals surface area (Å²) in [6.45, 7) is 9.91. The van der Waals surface area contributed by atoms with Crippen molar-refractivity contribution in [2.45, 2.75) is 33.2 Å². The van der Waals surface area contributed by atoms with Gasteiger partial charge in [-0.05, 0) is 38.0 Å². The van der Waals surface area contributed by atoms with Crippen LogP contribution in [0.5, 0.6) is 0 Å². The Morgan fingerprint density at radius 2 is 2.04 bits per heavy atom. The number of likely N-dealkylation sites (N-methyl/N-ethyl adjacent to an activating group) is 1. The minimum Gasteiger partial charge on any atom is -0.361 e. The summed E-state index contributed by atoms with van der Waals surface area (Å²) >= 11 is 0. The van der Waals surface area contributed by atoms with Crippen LogP contribution in [-0.4, -0.2) is 59.5 Å². The Bertz CT molecular complexity index is 877. The molecule has 4 rings (SSSR count). The van der Waals surface area contributed by atoms with Gasteiger partial charge in [-0.1, -0.05) is 18.2 Å². The molecule has 1 aromatic carbocycles. The van der Waals surface area contributed by atoms with E-state index >= 15 is 0 Å². The molecule has 2 aromatic rings. The fourth-order valence-electron chi connectivity index (χ4n) is 5.03. The molecule has 0 bridgehead atoms. The summed E-state index contributed by atoms with van der Waals surface area (Å²) < 4.78 is 0.935. The lowest BCUT2D eigenvalue weighted by molar-refractivity contribution is -0.926. The first kappa shape index (κ1) is 17.3. The molecule has 26 heavy (non-hydrogen) atoms. The van der Waals surface area contributed by atoms with Crippen LogP contribution in [0.1, 0.15) is 31.9 Å². The van der Waals surface area contributed by atoms with Gasteiger partial charge < -0.3 is 14.4 Å². The number of carbonyl (C=O) groups excluding carboxylic acids is 1. The lowest BCUT2D eigenvalue weighted by atomic mass is 9.78. The van der Waals surface area contributed by atoms with Crippen LogP contribution in [0.4, 0.5) is 0 Å². The van der Waals surface area contributed by atoms with Crippen molar-refractivity contribution in [1.29, 1.82) is 0 Å². The zero-order valence-electron chi connectivity index (χ0n) is 16.4. The molecule has 2 aliphatic rings. The zero-order valence-corrected chi connectivity index (χ0v) is 16.4. The number of aromatic amines is 1. The van der Waals surface area contributed by atoms with Gasteiger partial charge >= 0.3 is 0 Å². The molecule has 3 atom stereocenters. The van der Waals surface area contributed by atoms with Crippen molar-refractivity contribution in [2.75, 3.05) is 33.2 Å². The average molecular weight is 353 g/mol. The number of aromatic nitrogens is 1. The highest BCUT2D eigenvalue weighted by Gasteiger charge is 2.45. The molecule has 2 heterocycles. The highest BCUT2D eigenvalue weighted by molar-refractivity contribution is 5.99. The van der Waals surface area contributed by atoms with Crippen LogP contribution in [0.15, 0.2) is 30.5 Å². The molecule has 1 amide bonds. The van der Waals surface area contributed by atoms with E-state index in [1.807, 2.05) is 4.90 Å². The molecule has 1 aliphatic heterocycles. The molecule has 1 unspecified atom stereocenters. The maximum atomic E-state index is 13.1. The summed E-state index contributed by atoms with van der Waals surface area (Å²) in [4.78, 5) is 18.6. The number of benzene rings is 1. The summed E-state index contributed by atoms with van der Waals surface area (Å²) in [6, 6.07) is 6.96. The monoisotopic (exact) mass is 352 g/mol. The van der Waals surface area contributed by atoms with Gasteiger partial charge in [-0.3, -0.25) is 4.79 Å². The number of H-pyrrole nitrogens is 1. The van der Waals surface area contributed by atoms with E-state index in [-0.39, 0.29) is 11.8 Å². The molecule has 138 valence electrons. The van der Waals surface area contributed by atoms with E-state index in [1.165, 1.54) is 27.6 Å². The van der Waals surface area contributed by atoms with Gasteiger partial charge in [0.15, 0.2) is 0 Å². The molecule has 4 nitrogen and oxygen atoms in total. The largest absolute Gasteiger partial charge is 0.361 e. The first-order chi connectivity index (χ1) is 12.5. The van der Waals surface area contributed by atoms with Gasteiger partial charge in [-0.2, -0.15) is 0 Å². The van der Waals surface area contributed by atoms with Crippen LogP contribution in [0.3, 0.4) is 0 Å². The van der Waals surface area contributed by atoms with Gasteiger partial charge in [0.05, 0.1) is 20.1 Å². The maximum absolute atomic E-state index is 13.1. The lowest BCUT2D eigenvalue weighted by Gasteiger charge is -2.48. The van der Waals surface area contributed by atoms with E-state index in [0.717, 1.165) is 37.1 Å². The van der Waals surface area contributed by atoms with Crippen LogP contribution in [-0.2, 0) is 11.2 Å². The molecular formula is C22H30N3O+. The van der Waals surface area contributed by atoms with Gasteiger partial charge in [0.2, 0.25) is 5.91 Å². The first-order valence-electron chi connectivity index (χ1n) is 9.96. The number of rotatable bonds is 4. The third-order valence-corrected chi connectivity index (χ3v) is 6.73. The molecule has 4 heteroatoms. The number of fused-ring (bicyclic) bond motifs is 2. The second kappa shape index (κ2) is 6.27. The van der Waals surface area contributed by atoms with E-state index in [2.05, 4.69) is 63.3 Å². The predicted molar refractivity (Wildman–Crippen MR) is 107 cm³/mol. The smallest absolute Gasteiger partial charge is 0.235 e. The molecule has 1 N–H and O–H groups in total. The molecule has 1 aliphatic carbocycles. The lowest BCUT2D eigenvalue weighted by Crippen LogP contribution is -2.60. The number of hydrogen-bond donors (Lipinski definition) is 1. The summed E-state index contributed by atoms with van der Waals surface area (Å²) in [5.41, 5.74) is 5.33.